The van der Waals surface area contributed by atoms with Gasteiger partial charge in [-0.25, -0.2) is 0 Å². The molecule has 0 aliphatic rings. The molecule has 0 saturated heterocycles. The lowest BCUT2D eigenvalue weighted by molar-refractivity contribution is 0.415. The molecule has 0 aliphatic carbocycles. The highest BCUT2D eigenvalue weighted by Crippen LogP contribution is 2.25. The Morgan fingerprint density at radius 3 is 2.41 bits per heavy atom. The summed E-state index contributed by atoms with van der Waals surface area (Å²) in [4.78, 5) is 5.44. The second-order valence-corrected chi connectivity index (χ2v) is 5.46. The summed E-state index contributed by atoms with van der Waals surface area (Å²) in [6.45, 7) is 0. The van der Waals surface area contributed by atoms with Gasteiger partial charge in [0.15, 0.2) is 0 Å². The van der Waals surface area contributed by atoms with Gasteiger partial charge in [-0.1, -0.05) is 12.1 Å². The number of nitrogens with one attached hydrogen (secondary N) is 1. The van der Waals surface area contributed by atoms with Gasteiger partial charge in [-0.05, 0) is 47.9 Å². The average Bonchev–Trinajstić information content (AvgIpc) is 2.90. The number of hydrogen-bond acceptors (Lipinski definition) is 2. The van der Waals surface area contributed by atoms with Gasteiger partial charge in [-0.3, -0.25) is 0 Å². The van der Waals surface area contributed by atoms with Crippen molar-refractivity contribution in [2.45, 2.75) is 6.42 Å². The van der Waals surface area contributed by atoms with Gasteiger partial charge in [0.1, 0.15) is 5.75 Å². The van der Waals surface area contributed by atoms with Crippen LogP contribution in [0.3, 0.4) is 0 Å². The van der Waals surface area contributed by atoms with Gasteiger partial charge >= 0.3 is 0 Å². The van der Waals surface area contributed by atoms with E-state index in [9.17, 15) is 0 Å². The van der Waals surface area contributed by atoms with Crippen LogP contribution in [0.25, 0.3) is 10.9 Å². The minimum absolute atomic E-state index is 0. The summed E-state index contributed by atoms with van der Waals surface area (Å²) in [7, 11) is 5.81. The Morgan fingerprint density at radius 1 is 1.05 bits per heavy atom. The zero-order chi connectivity index (χ0) is 14.8. The Labute approximate surface area is 137 Å². The normalized spacial score (nSPS) is 10.3. The zero-order valence-electron chi connectivity index (χ0n) is 13.1. The molecule has 0 spiro atoms. The van der Waals surface area contributed by atoms with Gasteiger partial charge in [0, 0.05) is 36.9 Å². The Balaban J connectivity index is 0.00000176. The SMILES string of the molecule is COc1ccc2[nH]cc(Cc3ccc(N(C)C)cc3)c2c1.Cl. The van der Waals surface area contributed by atoms with Crippen LogP contribution in [-0.4, -0.2) is 26.2 Å². The van der Waals surface area contributed by atoms with Gasteiger partial charge < -0.3 is 14.6 Å². The molecule has 3 nitrogen and oxygen atoms in total. The van der Waals surface area contributed by atoms with Crippen molar-refractivity contribution in [1.29, 1.82) is 0 Å². The third kappa shape index (κ3) is 3.20. The Morgan fingerprint density at radius 2 is 1.77 bits per heavy atom. The summed E-state index contributed by atoms with van der Waals surface area (Å²) in [6.07, 6.45) is 3.00. The van der Waals surface area contributed by atoms with Crippen LogP contribution in [-0.2, 0) is 6.42 Å². The minimum atomic E-state index is 0. The Bertz CT molecular complexity index is 747. The van der Waals surface area contributed by atoms with E-state index in [4.69, 9.17) is 4.74 Å². The largest absolute Gasteiger partial charge is 0.497 e. The fourth-order valence-electron chi connectivity index (χ4n) is 2.56. The monoisotopic (exact) mass is 316 g/mol. The molecular formula is C18H21ClN2O. The number of nitrogens with zero attached hydrogens (tertiary/aromatic N) is 1. The van der Waals surface area contributed by atoms with E-state index in [1.165, 1.54) is 22.2 Å². The van der Waals surface area contributed by atoms with E-state index in [0.717, 1.165) is 17.7 Å². The van der Waals surface area contributed by atoms with Crippen molar-refractivity contribution < 1.29 is 4.74 Å². The topological polar surface area (TPSA) is 28.3 Å². The molecule has 2 aromatic carbocycles. The zero-order valence-corrected chi connectivity index (χ0v) is 13.9. The van der Waals surface area contributed by atoms with Crippen molar-refractivity contribution in [2.75, 3.05) is 26.1 Å². The first-order valence-corrected chi connectivity index (χ1v) is 7.07. The van der Waals surface area contributed by atoms with Crippen LogP contribution in [0.15, 0.2) is 48.7 Å². The lowest BCUT2D eigenvalue weighted by Gasteiger charge is -2.12. The van der Waals surface area contributed by atoms with E-state index in [-0.39, 0.29) is 12.4 Å². The molecule has 0 saturated carbocycles. The van der Waals surface area contributed by atoms with Crippen LogP contribution >= 0.6 is 12.4 Å². The van der Waals surface area contributed by atoms with Crippen molar-refractivity contribution in [3.05, 3.63) is 59.8 Å². The summed E-state index contributed by atoms with van der Waals surface area (Å²) < 4.78 is 5.32. The summed E-state index contributed by atoms with van der Waals surface area (Å²) in [5, 5.41) is 1.23. The fourth-order valence-corrected chi connectivity index (χ4v) is 2.56. The number of fused-ring (bicyclic) bond motifs is 1. The number of ether oxygens (including phenoxy) is 1. The van der Waals surface area contributed by atoms with E-state index in [2.05, 4.69) is 66.6 Å². The third-order valence-electron chi connectivity index (χ3n) is 3.82. The number of H-pyrrole nitrogens is 1. The highest BCUT2D eigenvalue weighted by atomic mass is 35.5. The van der Waals surface area contributed by atoms with Crippen LogP contribution in [0.4, 0.5) is 5.69 Å². The fraction of sp³-hybridized carbons (Fsp3) is 0.222. The van der Waals surface area contributed by atoms with E-state index >= 15 is 0 Å². The maximum Gasteiger partial charge on any atom is 0.119 e. The van der Waals surface area contributed by atoms with Crippen LogP contribution in [0.2, 0.25) is 0 Å². The van der Waals surface area contributed by atoms with Gasteiger partial charge in [-0.15, -0.1) is 12.4 Å². The molecule has 3 aromatic rings. The van der Waals surface area contributed by atoms with E-state index in [1.807, 2.05) is 6.07 Å². The van der Waals surface area contributed by atoms with Crippen molar-refractivity contribution in [2.24, 2.45) is 0 Å². The number of methoxy groups -OCH3 is 1. The molecular weight excluding hydrogens is 296 g/mol. The molecule has 0 atom stereocenters. The average molecular weight is 317 g/mol. The molecule has 0 unspecified atom stereocenters. The van der Waals surface area contributed by atoms with E-state index < -0.39 is 0 Å². The number of aromatic amines is 1. The van der Waals surface area contributed by atoms with Crippen LogP contribution in [0, 0.1) is 0 Å². The molecule has 0 fully saturated rings. The molecule has 0 amide bonds. The lowest BCUT2D eigenvalue weighted by Crippen LogP contribution is -2.08. The maximum atomic E-state index is 5.32. The number of rotatable bonds is 4. The van der Waals surface area contributed by atoms with Gasteiger partial charge in [-0.2, -0.15) is 0 Å². The van der Waals surface area contributed by atoms with Gasteiger partial charge in [0.2, 0.25) is 0 Å². The molecule has 1 N–H and O–H groups in total. The van der Waals surface area contributed by atoms with Crippen molar-refractivity contribution >= 4 is 29.0 Å². The summed E-state index contributed by atoms with van der Waals surface area (Å²) in [5.41, 5.74) is 4.97. The molecule has 1 heterocycles. The predicted molar refractivity (Wildman–Crippen MR) is 95.7 cm³/mol. The second-order valence-electron chi connectivity index (χ2n) is 5.46. The van der Waals surface area contributed by atoms with E-state index in [0.29, 0.717) is 0 Å². The van der Waals surface area contributed by atoms with Crippen LogP contribution in [0.5, 0.6) is 5.75 Å². The molecule has 1 aromatic heterocycles. The number of aromatic nitrogens is 1. The number of benzene rings is 2. The van der Waals surface area contributed by atoms with Crippen molar-refractivity contribution in [3.63, 3.8) is 0 Å². The van der Waals surface area contributed by atoms with Gasteiger partial charge in [0.05, 0.1) is 7.11 Å². The van der Waals surface area contributed by atoms with Crippen molar-refractivity contribution in [3.8, 4) is 5.75 Å². The molecule has 116 valence electrons. The maximum absolute atomic E-state index is 5.32. The molecule has 0 bridgehead atoms. The lowest BCUT2D eigenvalue weighted by atomic mass is 10.0. The number of halogens is 1. The van der Waals surface area contributed by atoms with E-state index in [1.54, 1.807) is 7.11 Å². The minimum Gasteiger partial charge on any atom is -0.497 e. The first kappa shape index (κ1) is 16.2. The molecule has 0 aliphatic heterocycles. The molecule has 3 rings (SSSR count). The predicted octanol–water partition coefficient (Wildman–Crippen LogP) is 4.26. The smallest absolute Gasteiger partial charge is 0.119 e. The molecule has 22 heavy (non-hydrogen) atoms. The summed E-state index contributed by atoms with van der Waals surface area (Å²) in [5.74, 6) is 0.895. The first-order chi connectivity index (χ1) is 10.2. The summed E-state index contributed by atoms with van der Waals surface area (Å²) in [6, 6.07) is 14.8. The highest BCUT2D eigenvalue weighted by Gasteiger charge is 2.06. The number of anilines is 1. The number of hydrogen-bond donors (Lipinski definition) is 1. The summed E-state index contributed by atoms with van der Waals surface area (Å²) >= 11 is 0. The highest BCUT2D eigenvalue weighted by molar-refractivity contribution is 5.85. The van der Waals surface area contributed by atoms with Crippen molar-refractivity contribution in [1.82, 2.24) is 4.98 Å². The van der Waals surface area contributed by atoms with Crippen LogP contribution < -0.4 is 9.64 Å². The third-order valence-corrected chi connectivity index (χ3v) is 3.82. The Hall–Kier alpha value is -2.13. The first-order valence-electron chi connectivity index (χ1n) is 7.07. The second kappa shape index (κ2) is 6.75. The Kier molecular flexibility index (Phi) is 4.99. The molecule has 0 radical (unpaired) electrons. The van der Waals surface area contributed by atoms with Crippen LogP contribution in [0.1, 0.15) is 11.1 Å². The van der Waals surface area contributed by atoms with Gasteiger partial charge in [0.25, 0.3) is 0 Å². The standard InChI is InChI=1S/C18H20N2O.ClH/c1-20(2)15-6-4-13(5-7-15)10-14-12-19-18-9-8-16(21-3)11-17(14)18;/h4-9,11-12,19H,10H2,1-3H3;1H. The quantitative estimate of drug-likeness (QED) is 0.779. The molecule has 4 heteroatoms.